The Hall–Kier alpha value is -2.67. The first kappa shape index (κ1) is 17.7. The number of carbonyl (C=O) groups is 1. The minimum atomic E-state index is -0.174. The van der Waals surface area contributed by atoms with Crippen molar-refractivity contribution in [1.29, 1.82) is 0 Å². The number of aryl methyl sites for hydroxylation is 1. The Morgan fingerprint density at radius 1 is 1.26 bits per heavy atom. The highest BCUT2D eigenvalue weighted by Gasteiger charge is 2.14. The highest BCUT2D eigenvalue weighted by atomic mass is 35.5. The number of halogens is 1. The van der Waals surface area contributed by atoms with Crippen molar-refractivity contribution < 1.29 is 4.79 Å². The van der Waals surface area contributed by atoms with E-state index in [1.165, 1.54) is 18.9 Å². The van der Waals surface area contributed by atoms with E-state index in [9.17, 15) is 4.79 Å². The van der Waals surface area contributed by atoms with Crippen molar-refractivity contribution in [1.82, 2.24) is 29.5 Å². The molecule has 1 aliphatic heterocycles. The van der Waals surface area contributed by atoms with Gasteiger partial charge in [0, 0.05) is 38.2 Å². The van der Waals surface area contributed by atoms with E-state index >= 15 is 0 Å². The molecule has 0 fully saturated rings. The van der Waals surface area contributed by atoms with Gasteiger partial charge >= 0.3 is 0 Å². The van der Waals surface area contributed by atoms with Crippen molar-refractivity contribution >= 4 is 29.2 Å². The smallest absolute Gasteiger partial charge is 0.244 e. The van der Waals surface area contributed by atoms with Crippen LogP contribution in [0.4, 0.5) is 0 Å². The van der Waals surface area contributed by atoms with Gasteiger partial charge in [0.2, 0.25) is 5.91 Å². The van der Waals surface area contributed by atoms with E-state index in [1.807, 2.05) is 28.8 Å². The molecule has 8 heteroatoms. The molecule has 1 aliphatic rings. The van der Waals surface area contributed by atoms with Gasteiger partial charge in [-0.15, -0.1) is 10.2 Å². The minimum absolute atomic E-state index is 0.174. The number of nitrogens with one attached hydrogen (secondary N) is 1. The molecule has 4 rings (SSSR count). The molecule has 0 aromatic carbocycles. The molecule has 3 aromatic rings. The van der Waals surface area contributed by atoms with Gasteiger partial charge in [0.25, 0.3) is 0 Å². The summed E-state index contributed by atoms with van der Waals surface area (Å²) in [6.07, 6.45) is 10.2. The van der Waals surface area contributed by atoms with Gasteiger partial charge in [0.1, 0.15) is 17.3 Å². The Balaban J connectivity index is 1.35. The molecule has 1 N–H and O–H groups in total. The lowest BCUT2D eigenvalue weighted by molar-refractivity contribution is -0.116. The van der Waals surface area contributed by atoms with Crippen LogP contribution in [0.25, 0.3) is 11.7 Å². The van der Waals surface area contributed by atoms with E-state index in [0.29, 0.717) is 23.8 Å². The lowest BCUT2D eigenvalue weighted by Crippen LogP contribution is -2.24. The quantitative estimate of drug-likeness (QED) is 0.686. The average molecular weight is 385 g/mol. The molecular weight excluding hydrogens is 364 g/mol. The zero-order valence-corrected chi connectivity index (χ0v) is 15.7. The van der Waals surface area contributed by atoms with E-state index in [-0.39, 0.29) is 5.91 Å². The summed E-state index contributed by atoms with van der Waals surface area (Å²) in [5.74, 6) is 1.84. The van der Waals surface area contributed by atoms with Crippen molar-refractivity contribution in [2.75, 3.05) is 6.54 Å². The fraction of sp³-hybridized carbons (Fsp3) is 0.368. The number of hydrogen-bond acceptors (Lipinski definition) is 4. The molecule has 0 spiro atoms. The SMILES string of the molecule is O=C(/C=C/c1c(Cl)nc2ccccn12)NCCc1nnc2n1CCCCC2. The van der Waals surface area contributed by atoms with Crippen LogP contribution in [-0.4, -0.2) is 36.6 Å². The second-order valence-electron chi connectivity index (χ2n) is 6.59. The summed E-state index contributed by atoms with van der Waals surface area (Å²) in [7, 11) is 0. The first-order valence-electron chi connectivity index (χ1n) is 9.22. The summed E-state index contributed by atoms with van der Waals surface area (Å²) in [5, 5.41) is 11.8. The zero-order chi connectivity index (χ0) is 18.6. The molecule has 0 atom stereocenters. The molecule has 7 nitrogen and oxygen atoms in total. The number of hydrogen-bond donors (Lipinski definition) is 1. The Morgan fingerprint density at radius 3 is 3.11 bits per heavy atom. The summed E-state index contributed by atoms with van der Waals surface area (Å²) in [6.45, 7) is 1.49. The molecule has 0 aliphatic carbocycles. The van der Waals surface area contributed by atoms with Gasteiger partial charge in [-0.25, -0.2) is 4.98 Å². The van der Waals surface area contributed by atoms with E-state index in [4.69, 9.17) is 11.6 Å². The number of carbonyl (C=O) groups excluding carboxylic acids is 1. The molecular formula is C19H21ClN6O. The standard InChI is InChI=1S/C19H21ClN6O/c20-19-14(25-12-5-3-6-15(25)22-19)8-9-18(27)21-11-10-17-24-23-16-7-2-1-4-13-26(16)17/h3,5-6,8-9,12H,1-2,4,7,10-11,13H2,(H,21,27)/b9-8+. The fourth-order valence-corrected chi connectivity index (χ4v) is 3.62. The Bertz CT molecular complexity index is 989. The number of rotatable bonds is 5. The van der Waals surface area contributed by atoms with Crippen LogP contribution in [0.2, 0.25) is 5.15 Å². The fourth-order valence-electron chi connectivity index (χ4n) is 3.38. The second-order valence-corrected chi connectivity index (χ2v) is 6.94. The summed E-state index contributed by atoms with van der Waals surface area (Å²) >= 11 is 6.17. The van der Waals surface area contributed by atoms with Crippen LogP contribution in [-0.2, 0) is 24.2 Å². The highest BCUT2D eigenvalue weighted by molar-refractivity contribution is 6.31. The van der Waals surface area contributed by atoms with E-state index in [1.54, 1.807) is 6.08 Å². The molecule has 0 unspecified atom stereocenters. The molecule has 0 saturated carbocycles. The third-order valence-corrected chi connectivity index (χ3v) is 5.03. The van der Waals surface area contributed by atoms with E-state index in [0.717, 1.165) is 36.7 Å². The molecule has 4 heterocycles. The van der Waals surface area contributed by atoms with Gasteiger partial charge in [-0.2, -0.15) is 0 Å². The minimum Gasteiger partial charge on any atom is -0.352 e. The van der Waals surface area contributed by atoms with Crippen molar-refractivity contribution in [3.8, 4) is 0 Å². The largest absolute Gasteiger partial charge is 0.352 e. The first-order chi connectivity index (χ1) is 13.2. The number of imidazole rings is 1. The van der Waals surface area contributed by atoms with Crippen molar-refractivity contribution in [3.63, 3.8) is 0 Å². The van der Waals surface area contributed by atoms with Crippen LogP contribution < -0.4 is 5.32 Å². The number of aromatic nitrogens is 5. The third-order valence-electron chi connectivity index (χ3n) is 4.75. The molecule has 3 aromatic heterocycles. The van der Waals surface area contributed by atoms with Gasteiger partial charge in [-0.1, -0.05) is 24.1 Å². The van der Waals surface area contributed by atoms with Crippen molar-refractivity contribution in [2.24, 2.45) is 0 Å². The van der Waals surface area contributed by atoms with Crippen LogP contribution in [0, 0.1) is 0 Å². The van der Waals surface area contributed by atoms with E-state index in [2.05, 4.69) is 25.1 Å². The lowest BCUT2D eigenvalue weighted by Gasteiger charge is -2.07. The number of pyridine rings is 1. The van der Waals surface area contributed by atoms with Crippen LogP contribution in [0.15, 0.2) is 30.5 Å². The first-order valence-corrected chi connectivity index (χ1v) is 9.59. The Labute approximate surface area is 162 Å². The molecule has 140 valence electrons. The van der Waals surface area contributed by atoms with Gasteiger partial charge < -0.3 is 9.88 Å². The van der Waals surface area contributed by atoms with Crippen LogP contribution in [0.1, 0.15) is 36.6 Å². The molecule has 1 amide bonds. The number of nitrogens with zero attached hydrogens (tertiary/aromatic N) is 5. The summed E-state index contributed by atoms with van der Waals surface area (Å²) in [6, 6.07) is 5.65. The maximum absolute atomic E-state index is 12.1. The van der Waals surface area contributed by atoms with Gasteiger partial charge in [0.05, 0.1) is 5.69 Å². The zero-order valence-electron chi connectivity index (χ0n) is 14.9. The predicted molar refractivity (Wildman–Crippen MR) is 104 cm³/mol. The topological polar surface area (TPSA) is 77.1 Å². The van der Waals surface area contributed by atoms with Crippen LogP contribution in [0.5, 0.6) is 0 Å². The van der Waals surface area contributed by atoms with Gasteiger partial charge in [-0.3, -0.25) is 9.20 Å². The van der Waals surface area contributed by atoms with Crippen LogP contribution in [0.3, 0.4) is 0 Å². The molecule has 0 saturated heterocycles. The maximum atomic E-state index is 12.1. The second kappa shape index (κ2) is 7.92. The molecule has 0 bridgehead atoms. The molecule has 0 radical (unpaired) electrons. The van der Waals surface area contributed by atoms with Gasteiger partial charge in [0.15, 0.2) is 5.15 Å². The average Bonchev–Trinajstić information content (AvgIpc) is 3.10. The lowest BCUT2D eigenvalue weighted by atomic mass is 10.2. The van der Waals surface area contributed by atoms with Crippen molar-refractivity contribution in [3.05, 3.63) is 53.0 Å². The number of fused-ring (bicyclic) bond motifs is 2. The van der Waals surface area contributed by atoms with Crippen LogP contribution >= 0.6 is 11.6 Å². The highest BCUT2D eigenvalue weighted by Crippen LogP contribution is 2.18. The normalized spacial score (nSPS) is 14.4. The summed E-state index contributed by atoms with van der Waals surface area (Å²) in [5.41, 5.74) is 1.43. The maximum Gasteiger partial charge on any atom is 0.244 e. The van der Waals surface area contributed by atoms with E-state index < -0.39 is 0 Å². The van der Waals surface area contributed by atoms with Crippen molar-refractivity contribution in [2.45, 2.75) is 38.6 Å². The van der Waals surface area contributed by atoms with Gasteiger partial charge in [-0.05, 0) is 31.1 Å². The monoisotopic (exact) mass is 384 g/mol. The summed E-state index contributed by atoms with van der Waals surface area (Å²) in [4.78, 5) is 16.4. The number of amides is 1. The molecule has 27 heavy (non-hydrogen) atoms. The predicted octanol–water partition coefficient (Wildman–Crippen LogP) is 2.68. The Morgan fingerprint density at radius 2 is 2.19 bits per heavy atom. The third kappa shape index (κ3) is 3.88. The summed E-state index contributed by atoms with van der Waals surface area (Å²) < 4.78 is 4.05. The Kier molecular flexibility index (Phi) is 5.20.